The zero-order valence-corrected chi connectivity index (χ0v) is 14.7. The molecule has 0 atom stereocenters. The van der Waals surface area contributed by atoms with Crippen LogP contribution in [0.3, 0.4) is 0 Å². The minimum absolute atomic E-state index is 0.598. The van der Waals surface area contributed by atoms with Crippen molar-refractivity contribution in [3.8, 4) is 5.75 Å². The number of rotatable bonds is 7. The minimum atomic E-state index is 0.598. The number of anilines is 1. The lowest BCUT2D eigenvalue weighted by Gasteiger charge is -2.07. The molecule has 1 aromatic carbocycles. The predicted molar refractivity (Wildman–Crippen MR) is 89.4 cm³/mol. The first kappa shape index (κ1) is 15.9. The third kappa shape index (κ3) is 4.80. The van der Waals surface area contributed by atoms with Gasteiger partial charge in [0.1, 0.15) is 5.75 Å². The van der Waals surface area contributed by atoms with E-state index < -0.39 is 0 Å². The fraction of sp³-hybridized carbons (Fsp3) is 0.333. The fourth-order valence-corrected chi connectivity index (χ4v) is 3.87. The van der Waals surface area contributed by atoms with E-state index in [1.54, 1.807) is 23.1 Å². The predicted octanol–water partition coefficient (Wildman–Crippen LogP) is 4.56. The molecule has 1 aromatic heterocycles. The van der Waals surface area contributed by atoms with Crippen molar-refractivity contribution in [3.63, 3.8) is 0 Å². The monoisotopic (exact) mass is 393 g/mol. The van der Waals surface area contributed by atoms with Crippen LogP contribution in [0.1, 0.15) is 6.92 Å². The van der Waals surface area contributed by atoms with Gasteiger partial charge < -0.3 is 10.1 Å². The quantitative estimate of drug-likeness (QED) is 0.551. The summed E-state index contributed by atoms with van der Waals surface area (Å²) in [6, 6.07) is 5.48. The highest BCUT2D eigenvalue weighted by atomic mass is 79.9. The van der Waals surface area contributed by atoms with Crippen LogP contribution in [0.5, 0.6) is 5.75 Å². The molecule has 0 aliphatic heterocycles. The van der Waals surface area contributed by atoms with Crippen LogP contribution >= 0.6 is 50.6 Å². The van der Waals surface area contributed by atoms with Crippen LogP contribution in [0.25, 0.3) is 0 Å². The molecular weight excluding hydrogens is 382 g/mol. The van der Waals surface area contributed by atoms with Crippen molar-refractivity contribution in [1.82, 2.24) is 10.2 Å². The molecule has 0 aliphatic carbocycles. The normalized spacial score (nSPS) is 10.6. The SMILES string of the molecule is CCNc1nnc(SCCOc2ccc(Cl)cc2Br)s1. The molecule has 2 aromatic rings. The van der Waals surface area contributed by atoms with Crippen molar-refractivity contribution in [2.45, 2.75) is 11.3 Å². The second kappa shape index (κ2) is 8.07. The van der Waals surface area contributed by atoms with E-state index in [-0.39, 0.29) is 0 Å². The zero-order valence-electron chi connectivity index (χ0n) is 10.7. The van der Waals surface area contributed by atoms with Gasteiger partial charge in [0.2, 0.25) is 5.13 Å². The Morgan fingerprint density at radius 3 is 3.05 bits per heavy atom. The summed E-state index contributed by atoms with van der Waals surface area (Å²) >= 11 is 12.5. The maximum Gasteiger partial charge on any atom is 0.206 e. The van der Waals surface area contributed by atoms with Crippen molar-refractivity contribution in [1.29, 1.82) is 0 Å². The summed E-state index contributed by atoms with van der Waals surface area (Å²) in [7, 11) is 0. The summed E-state index contributed by atoms with van der Waals surface area (Å²) in [5, 5.41) is 12.8. The molecule has 1 N–H and O–H groups in total. The Kier molecular flexibility index (Phi) is 6.41. The maximum atomic E-state index is 5.88. The van der Waals surface area contributed by atoms with E-state index in [1.165, 1.54) is 0 Å². The molecule has 0 saturated heterocycles. The number of hydrogen-bond donors (Lipinski definition) is 1. The number of hydrogen-bond acceptors (Lipinski definition) is 6. The molecule has 8 heteroatoms. The van der Waals surface area contributed by atoms with Crippen LogP contribution in [0.2, 0.25) is 5.02 Å². The van der Waals surface area contributed by atoms with Gasteiger partial charge in [0.15, 0.2) is 4.34 Å². The van der Waals surface area contributed by atoms with Crippen molar-refractivity contribution in [2.24, 2.45) is 0 Å². The fourth-order valence-electron chi connectivity index (χ4n) is 1.36. The highest BCUT2D eigenvalue weighted by molar-refractivity contribution is 9.10. The lowest BCUT2D eigenvalue weighted by Crippen LogP contribution is -2.00. The molecule has 0 unspecified atom stereocenters. The van der Waals surface area contributed by atoms with Crippen LogP contribution in [0, 0.1) is 0 Å². The third-order valence-electron chi connectivity index (χ3n) is 2.19. The van der Waals surface area contributed by atoms with E-state index >= 15 is 0 Å². The number of aromatic nitrogens is 2. The van der Waals surface area contributed by atoms with Crippen molar-refractivity contribution in [3.05, 3.63) is 27.7 Å². The molecule has 1 heterocycles. The maximum absolute atomic E-state index is 5.88. The van der Waals surface area contributed by atoms with Crippen LogP contribution in [-0.2, 0) is 0 Å². The second-order valence-corrected chi connectivity index (χ2v) is 7.29. The molecule has 2 rings (SSSR count). The topological polar surface area (TPSA) is 47.0 Å². The van der Waals surface area contributed by atoms with E-state index in [0.29, 0.717) is 11.6 Å². The number of benzene rings is 1. The van der Waals surface area contributed by atoms with Crippen LogP contribution < -0.4 is 10.1 Å². The number of nitrogens with zero attached hydrogens (tertiary/aromatic N) is 2. The highest BCUT2D eigenvalue weighted by Gasteiger charge is 2.05. The van der Waals surface area contributed by atoms with Gasteiger partial charge in [-0.2, -0.15) is 0 Å². The third-order valence-corrected chi connectivity index (χ3v) is 5.03. The Bertz CT molecular complexity index is 567. The lowest BCUT2D eigenvalue weighted by atomic mass is 10.3. The molecule has 108 valence electrons. The average Bonchev–Trinajstić information content (AvgIpc) is 2.85. The molecule has 0 radical (unpaired) electrons. The highest BCUT2D eigenvalue weighted by Crippen LogP contribution is 2.29. The summed E-state index contributed by atoms with van der Waals surface area (Å²) in [6.45, 7) is 3.49. The summed E-state index contributed by atoms with van der Waals surface area (Å²) in [6.07, 6.45) is 0. The number of ether oxygens (including phenoxy) is 1. The summed E-state index contributed by atoms with van der Waals surface area (Å²) < 4.78 is 7.49. The Balaban J connectivity index is 1.75. The first-order chi connectivity index (χ1) is 9.69. The van der Waals surface area contributed by atoms with E-state index in [1.807, 2.05) is 25.1 Å². The van der Waals surface area contributed by atoms with Gasteiger partial charge in [-0.3, -0.25) is 0 Å². The van der Waals surface area contributed by atoms with Crippen LogP contribution in [0.4, 0.5) is 5.13 Å². The number of nitrogens with one attached hydrogen (secondary N) is 1. The van der Waals surface area contributed by atoms with Crippen molar-refractivity contribution < 1.29 is 4.74 Å². The molecular formula is C12H13BrClN3OS2. The summed E-state index contributed by atoms with van der Waals surface area (Å²) in [5.74, 6) is 1.61. The van der Waals surface area contributed by atoms with Crippen molar-refractivity contribution >= 4 is 55.8 Å². The van der Waals surface area contributed by atoms with Gasteiger partial charge in [-0.25, -0.2) is 0 Å². The summed E-state index contributed by atoms with van der Waals surface area (Å²) in [4.78, 5) is 0. The van der Waals surface area contributed by atoms with Gasteiger partial charge in [0.05, 0.1) is 11.1 Å². The Morgan fingerprint density at radius 2 is 2.30 bits per heavy atom. The largest absolute Gasteiger partial charge is 0.492 e. The standard InChI is InChI=1S/C12H13BrClN3OS2/c1-2-15-11-16-17-12(20-11)19-6-5-18-10-4-3-8(14)7-9(10)13/h3-4,7H,2,5-6H2,1H3,(H,15,16). The number of halogens is 2. The number of thioether (sulfide) groups is 1. The van der Waals surface area contributed by atoms with Crippen molar-refractivity contribution in [2.75, 3.05) is 24.2 Å². The smallest absolute Gasteiger partial charge is 0.206 e. The van der Waals surface area contributed by atoms with Crippen LogP contribution in [0.15, 0.2) is 27.0 Å². The van der Waals surface area contributed by atoms with Gasteiger partial charge in [-0.15, -0.1) is 10.2 Å². The Hall–Kier alpha value is -0.500. The molecule has 20 heavy (non-hydrogen) atoms. The lowest BCUT2D eigenvalue weighted by molar-refractivity contribution is 0.342. The molecule has 0 saturated carbocycles. The molecule has 0 fully saturated rings. The van der Waals surface area contributed by atoms with E-state index in [9.17, 15) is 0 Å². The first-order valence-corrected chi connectivity index (χ1v) is 8.94. The molecule has 0 bridgehead atoms. The Labute approximate surface area is 139 Å². The molecule has 0 spiro atoms. The van der Waals surface area contributed by atoms with Crippen LogP contribution in [-0.4, -0.2) is 29.1 Å². The second-order valence-electron chi connectivity index (χ2n) is 3.68. The van der Waals surface area contributed by atoms with Gasteiger partial charge in [-0.05, 0) is 41.1 Å². The van der Waals surface area contributed by atoms with E-state index in [0.717, 1.165) is 32.0 Å². The first-order valence-electron chi connectivity index (χ1n) is 5.97. The summed E-state index contributed by atoms with van der Waals surface area (Å²) in [5.41, 5.74) is 0. The van der Waals surface area contributed by atoms with E-state index in [4.69, 9.17) is 16.3 Å². The van der Waals surface area contributed by atoms with Gasteiger partial charge >= 0.3 is 0 Å². The van der Waals surface area contributed by atoms with Gasteiger partial charge in [-0.1, -0.05) is 34.7 Å². The molecule has 0 amide bonds. The zero-order chi connectivity index (χ0) is 14.4. The van der Waals surface area contributed by atoms with Gasteiger partial charge in [0, 0.05) is 17.3 Å². The molecule has 0 aliphatic rings. The van der Waals surface area contributed by atoms with Gasteiger partial charge in [0.25, 0.3) is 0 Å². The average molecular weight is 395 g/mol. The Morgan fingerprint density at radius 1 is 1.45 bits per heavy atom. The minimum Gasteiger partial charge on any atom is -0.492 e. The van der Waals surface area contributed by atoms with E-state index in [2.05, 4.69) is 31.4 Å². The molecule has 4 nitrogen and oxygen atoms in total.